The Bertz CT molecular complexity index is 717. The average molecular weight is 304 g/mol. The van der Waals surface area contributed by atoms with Gasteiger partial charge in [-0.05, 0) is 24.6 Å². The van der Waals surface area contributed by atoms with E-state index in [0.717, 1.165) is 18.5 Å². The number of amides is 1. The fraction of sp³-hybridized carbons (Fsp3) is 0.214. The van der Waals surface area contributed by atoms with Gasteiger partial charge in [-0.25, -0.2) is 0 Å². The summed E-state index contributed by atoms with van der Waals surface area (Å²) < 4.78 is 0. The third kappa shape index (κ3) is 3.15. The summed E-state index contributed by atoms with van der Waals surface area (Å²) in [6.07, 6.45) is 1.62. The van der Waals surface area contributed by atoms with Crippen LogP contribution in [0.2, 0.25) is 5.02 Å². The molecule has 108 valence electrons. The van der Waals surface area contributed by atoms with Crippen molar-refractivity contribution in [2.24, 2.45) is 0 Å². The van der Waals surface area contributed by atoms with E-state index < -0.39 is 5.91 Å². The molecule has 0 aliphatic heterocycles. The highest BCUT2D eigenvalue weighted by Gasteiger charge is 2.17. The first-order valence-electron chi connectivity index (χ1n) is 6.40. The zero-order chi connectivity index (χ0) is 15.4. The zero-order valence-electron chi connectivity index (χ0n) is 11.4. The fourth-order valence-electron chi connectivity index (χ4n) is 1.87. The summed E-state index contributed by atoms with van der Waals surface area (Å²) in [5, 5.41) is 18.4. The monoisotopic (exact) mass is 303 g/mol. The molecule has 4 N–H and O–H groups in total. The number of carbonyl (C=O) groups excluding carboxylic acids is 1. The number of halogens is 1. The van der Waals surface area contributed by atoms with Crippen LogP contribution in [-0.2, 0) is 6.42 Å². The third-order valence-electron chi connectivity index (χ3n) is 2.94. The van der Waals surface area contributed by atoms with Gasteiger partial charge in [0.05, 0.1) is 33.7 Å². The van der Waals surface area contributed by atoms with Crippen LogP contribution in [0.15, 0.2) is 18.2 Å². The van der Waals surface area contributed by atoms with Crippen LogP contribution in [0.5, 0.6) is 0 Å². The summed E-state index contributed by atoms with van der Waals surface area (Å²) in [5.41, 5.74) is 7.95. The molecule has 0 fully saturated rings. The van der Waals surface area contributed by atoms with Crippen molar-refractivity contribution in [2.75, 3.05) is 11.1 Å². The van der Waals surface area contributed by atoms with E-state index in [0.29, 0.717) is 16.9 Å². The van der Waals surface area contributed by atoms with E-state index in [-0.39, 0.29) is 10.7 Å². The largest absolute Gasteiger partial charge is 0.395 e. The lowest BCUT2D eigenvalue weighted by Crippen LogP contribution is -2.14. The lowest BCUT2D eigenvalue weighted by molar-refractivity contribution is 0.102. The Hall–Kier alpha value is -2.52. The SMILES string of the molecule is CCCc1[nH]nc(C(=O)Nc2ccc(C#N)cc2Cl)c1N. The van der Waals surface area contributed by atoms with Gasteiger partial charge < -0.3 is 11.1 Å². The van der Waals surface area contributed by atoms with Crippen molar-refractivity contribution < 1.29 is 4.79 Å². The van der Waals surface area contributed by atoms with Crippen LogP contribution in [-0.4, -0.2) is 16.1 Å². The van der Waals surface area contributed by atoms with Crippen LogP contribution in [0, 0.1) is 11.3 Å². The Morgan fingerprint density at radius 3 is 2.95 bits per heavy atom. The van der Waals surface area contributed by atoms with Crippen LogP contribution in [0.25, 0.3) is 0 Å². The molecule has 0 spiro atoms. The first kappa shape index (κ1) is 14.9. The molecular weight excluding hydrogens is 290 g/mol. The molecule has 7 heteroatoms. The number of aryl methyl sites for hydroxylation is 1. The Morgan fingerprint density at radius 1 is 1.57 bits per heavy atom. The van der Waals surface area contributed by atoms with Gasteiger partial charge in [0.25, 0.3) is 5.91 Å². The van der Waals surface area contributed by atoms with Crippen molar-refractivity contribution in [2.45, 2.75) is 19.8 Å². The highest BCUT2D eigenvalue weighted by Crippen LogP contribution is 2.24. The molecule has 0 unspecified atom stereocenters. The number of hydrogen-bond acceptors (Lipinski definition) is 4. The van der Waals surface area contributed by atoms with Gasteiger partial charge >= 0.3 is 0 Å². The van der Waals surface area contributed by atoms with Crippen LogP contribution in [0.3, 0.4) is 0 Å². The second kappa shape index (κ2) is 6.29. The summed E-state index contributed by atoms with van der Waals surface area (Å²) in [5.74, 6) is -0.447. The van der Waals surface area contributed by atoms with Crippen molar-refractivity contribution in [1.29, 1.82) is 5.26 Å². The van der Waals surface area contributed by atoms with Gasteiger partial charge in [0.2, 0.25) is 0 Å². The summed E-state index contributed by atoms with van der Waals surface area (Å²) in [6, 6.07) is 6.58. The molecule has 2 aromatic rings. The minimum absolute atomic E-state index is 0.138. The predicted octanol–water partition coefficient (Wildman–Crippen LogP) is 2.72. The number of nitrogens with two attached hydrogens (primary N) is 1. The Balaban J connectivity index is 2.20. The maximum atomic E-state index is 12.2. The molecule has 0 atom stereocenters. The Kier molecular flexibility index (Phi) is 4.45. The summed E-state index contributed by atoms with van der Waals surface area (Å²) in [6.45, 7) is 2.01. The number of nitriles is 1. The van der Waals surface area contributed by atoms with Crippen LogP contribution in [0.4, 0.5) is 11.4 Å². The maximum Gasteiger partial charge on any atom is 0.278 e. The lowest BCUT2D eigenvalue weighted by Gasteiger charge is -2.06. The second-order valence-corrected chi connectivity index (χ2v) is 4.88. The molecule has 0 saturated carbocycles. The summed E-state index contributed by atoms with van der Waals surface area (Å²) in [4.78, 5) is 12.2. The molecule has 21 heavy (non-hydrogen) atoms. The molecule has 0 radical (unpaired) electrons. The molecule has 0 bridgehead atoms. The number of nitrogens with one attached hydrogen (secondary N) is 2. The van der Waals surface area contributed by atoms with Gasteiger partial charge in [-0.1, -0.05) is 24.9 Å². The topological polar surface area (TPSA) is 108 Å². The first-order valence-corrected chi connectivity index (χ1v) is 6.78. The molecule has 1 aromatic heterocycles. The molecule has 1 heterocycles. The Labute approximate surface area is 126 Å². The standard InChI is InChI=1S/C14H14ClN5O/c1-2-3-11-12(17)13(20-19-11)14(21)18-10-5-4-8(7-16)6-9(10)15/h4-6H,2-3,17H2,1H3,(H,18,21)(H,19,20). The minimum Gasteiger partial charge on any atom is -0.395 e. The average Bonchev–Trinajstić information content (AvgIpc) is 2.83. The highest BCUT2D eigenvalue weighted by molar-refractivity contribution is 6.34. The zero-order valence-corrected chi connectivity index (χ0v) is 12.2. The van der Waals surface area contributed by atoms with E-state index in [1.165, 1.54) is 6.07 Å². The van der Waals surface area contributed by atoms with Crippen LogP contribution >= 0.6 is 11.6 Å². The van der Waals surface area contributed by atoms with Gasteiger partial charge in [-0.2, -0.15) is 10.4 Å². The fourth-order valence-corrected chi connectivity index (χ4v) is 2.10. The second-order valence-electron chi connectivity index (χ2n) is 4.47. The number of nitrogens with zero attached hydrogens (tertiary/aromatic N) is 2. The maximum absolute atomic E-state index is 12.2. The normalized spacial score (nSPS) is 10.1. The predicted molar refractivity (Wildman–Crippen MR) is 81.1 cm³/mol. The summed E-state index contributed by atoms with van der Waals surface area (Å²) in [7, 11) is 0. The smallest absolute Gasteiger partial charge is 0.278 e. The van der Waals surface area contributed by atoms with Crippen molar-refractivity contribution >= 4 is 28.9 Å². The molecule has 1 amide bonds. The van der Waals surface area contributed by atoms with Gasteiger partial charge in [0.15, 0.2) is 5.69 Å². The Morgan fingerprint density at radius 2 is 2.33 bits per heavy atom. The van der Waals surface area contributed by atoms with Crippen molar-refractivity contribution in [3.8, 4) is 6.07 Å². The number of rotatable bonds is 4. The van der Waals surface area contributed by atoms with E-state index >= 15 is 0 Å². The van der Waals surface area contributed by atoms with Crippen LogP contribution < -0.4 is 11.1 Å². The molecule has 6 nitrogen and oxygen atoms in total. The minimum atomic E-state index is -0.447. The lowest BCUT2D eigenvalue weighted by atomic mass is 10.2. The molecule has 0 aliphatic rings. The molecule has 0 aliphatic carbocycles. The molecular formula is C14H14ClN5O. The van der Waals surface area contributed by atoms with Gasteiger partial charge in [-0.15, -0.1) is 0 Å². The highest BCUT2D eigenvalue weighted by atomic mass is 35.5. The van der Waals surface area contributed by atoms with E-state index in [4.69, 9.17) is 22.6 Å². The molecule has 0 saturated heterocycles. The van der Waals surface area contributed by atoms with Gasteiger partial charge in [-0.3, -0.25) is 9.89 Å². The van der Waals surface area contributed by atoms with E-state index in [1.54, 1.807) is 12.1 Å². The number of H-pyrrole nitrogens is 1. The van der Waals surface area contributed by atoms with E-state index in [1.807, 2.05) is 13.0 Å². The first-order chi connectivity index (χ1) is 10.1. The van der Waals surface area contributed by atoms with Crippen molar-refractivity contribution in [3.05, 3.63) is 40.2 Å². The number of carbonyl (C=O) groups is 1. The van der Waals surface area contributed by atoms with Crippen molar-refractivity contribution in [3.63, 3.8) is 0 Å². The van der Waals surface area contributed by atoms with Crippen molar-refractivity contribution in [1.82, 2.24) is 10.2 Å². The van der Waals surface area contributed by atoms with Gasteiger partial charge in [0.1, 0.15) is 0 Å². The molecule has 2 rings (SSSR count). The van der Waals surface area contributed by atoms with E-state index in [2.05, 4.69) is 15.5 Å². The van der Waals surface area contributed by atoms with Gasteiger partial charge in [0, 0.05) is 0 Å². The van der Waals surface area contributed by atoms with E-state index in [9.17, 15) is 4.79 Å². The summed E-state index contributed by atoms with van der Waals surface area (Å²) >= 11 is 6.01. The quantitative estimate of drug-likeness (QED) is 0.807. The number of anilines is 2. The number of aromatic nitrogens is 2. The number of benzene rings is 1. The number of aromatic amines is 1. The molecule has 1 aromatic carbocycles. The number of hydrogen-bond donors (Lipinski definition) is 3. The third-order valence-corrected chi connectivity index (χ3v) is 3.26. The number of nitrogen functional groups attached to an aromatic ring is 1. The van der Waals surface area contributed by atoms with Crippen LogP contribution in [0.1, 0.15) is 35.1 Å².